The maximum Gasteiger partial charge on any atom is 0.0731 e. The summed E-state index contributed by atoms with van der Waals surface area (Å²) < 4.78 is 1.19. The SMILES string of the molecule is Cc1cc([C@H](CC#N)N2CCNCC2)sc1Br. The van der Waals surface area contributed by atoms with E-state index in [1.165, 1.54) is 14.2 Å². The van der Waals surface area contributed by atoms with Gasteiger partial charge in [0.15, 0.2) is 0 Å². The fourth-order valence-electron chi connectivity index (χ4n) is 2.14. The largest absolute Gasteiger partial charge is 0.314 e. The molecule has 2 heterocycles. The highest BCUT2D eigenvalue weighted by Crippen LogP contribution is 2.35. The minimum absolute atomic E-state index is 0.261. The summed E-state index contributed by atoms with van der Waals surface area (Å²) in [6.07, 6.45) is 0.576. The van der Waals surface area contributed by atoms with Crippen LogP contribution in [0.15, 0.2) is 9.85 Å². The molecule has 0 aliphatic carbocycles. The molecular formula is C12H16BrN3S. The molecule has 1 aromatic heterocycles. The van der Waals surface area contributed by atoms with E-state index in [2.05, 4.69) is 45.2 Å². The molecule has 3 nitrogen and oxygen atoms in total. The van der Waals surface area contributed by atoms with E-state index in [1.807, 2.05) is 0 Å². The zero-order valence-corrected chi connectivity index (χ0v) is 12.3. The molecule has 17 heavy (non-hydrogen) atoms. The standard InChI is InChI=1S/C12H16BrN3S/c1-9-8-11(17-12(9)13)10(2-3-14)16-6-4-15-5-7-16/h8,10,15H,2,4-7H2,1H3/t10-/m0/s1. The Labute approximate surface area is 115 Å². The fraction of sp³-hybridized carbons (Fsp3) is 0.583. The average Bonchev–Trinajstić information content (AvgIpc) is 2.67. The minimum atomic E-state index is 0.261. The van der Waals surface area contributed by atoms with E-state index in [0.717, 1.165) is 26.2 Å². The molecule has 0 spiro atoms. The van der Waals surface area contributed by atoms with Crippen LogP contribution in [0.2, 0.25) is 0 Å². The van der Waals surface area contributed by atoms with Gasteiger partial charge in [0.2, 0.25) is 0 Å². The maximum absolute atomic E-state index is 9.01. The maximum atomic E-state index is 9.01. The molecule has 2 rings (SSSR count). The fourth-order valence-corrected chi connectivity index (χ4v) is 3.84. The molecule has 1 saturated heterocycles. The first-order chi connectivity index (χ1) is 8.22. The molecule has 5 heteroatoms. The van der Waals surface area contributed by atoms with Gasteiger partial charge in [-0.15, -0.1) is 11.3 Å². The van der Waals surface area contributed by atoms with Crippen LogP contribution in [0, 0.1) is 18.3 Å². The Kier molecular flexibility index (Phi) is 4.57. The van der Waals surface area contributed by atoms with E-state index in [9.17, 15) is 0 Å². The highest BCUT2D eigenvalue weighted by molar-refractivity contribution is 9.11. The monoisotopic (exact) mass is 313 g/mol. The van der Waals surface area contributed by atoms with Crippen LogP contribution in [0.1, 0.15) is 22.9 Å². The molecule has 1 N–H and O–H groups in total. The summed E-state index contributed by atoms with van der Waals surface area (Å²) in [4.78, 5) is 3.72. The van der Waals surface area contributed by atoms with Crippen molar-refractivity contribution in [2.75, 3.05) is 26.2 Å². The lowest BCUT2D eigenvalue weighted by molar-refractivity contribution is 0.178. The van der Waals surface area contributed by atoms with Gasteiger partial charge in [0.25, 0.3) is 0 Å². The number of rotatable bonds is 3. The summed E-state index contributed by atoms with van der Waals surface area (Å²) in [5.74, 6) is 0. The topological polar surface area (TPSA) is 39.1 Å². The van der Waals surface area contributed by atoms with Crippen LogP contribution in [0.3, 0.4) is 0 Å². The molecule has 0 radical (unpaired) electrons. The second kappa shape index (κ2) is 5.96. The van der Waals surface area contributed by atoms with Gasteiger partial charge in [-0.25, -0.2) is 0 Å². The number of thiophene rings is 1. The van der Waals surface area contributed by atoms with Gasteiger partial charge in [-0.2, -0.15) is 5.26 Å². The first kappa shape index (κ1) is 13.0. The van der Waals surface area contributed by atoms with E-state index in [1.54, 1.807) is 11.3 Å². The van der Waals surface area contributed by atoms with Gasteiger partial charge in [0.05, 0.1) is 22.3 Å². The molecule has 0 bridgehead atoms. The van der Waals surface area contributed by atoms with Crippen LogP contribution in [0.25, 0.3) is 0 Å². The van der Waals surface area contributed by atoms with Crippen LogP contribution in [0.5, 0.6) is 0 Å². The summed E-state index contributed by atoms with van der Waals surface area (Å²) in [5.41, 5.74) is 1.27. The van der Waals surface area contributed by atoms with Crippen molar-refractivity contribution < 1.29 is 0 Å². The normalized spacial score (nSPS) is 18.9. The second-order valence-corrected chi connectivity index (χ2v) is 6.67. The number of nitriles is 1. The van der Waals surface area contributed by atoms with Crippen molar-refractivity contribution in [1.29, 1.82) is 5.26 Å². The van der Waals surface area contributed by atoms with Crippen LogP contribution in [0.4, 0.5) is 0 Å². The minimum Gasteiger partial charge on any atom is -0.314 e. The Morgan fingerprint density at radius 3 is 2.82 bits per heavy atom. The lowest BCUT2D eigenvalue weighted by Crippen LogP contribution is -2.44. The highest BCUT2D eigenvalue weighted by Gasteiger charge is 2.23. The molecule has 0 saturated carbocycles. The predicted octanol–water partition coefficient (Wildman–Crippen LogP) is 2.68. The van der Waals surface area contributed by atoms with Crippen LogP contribution in [-0.2, 0) is 0 Å². The van der Waals surface area contributed by atoms with Gasteiger partial charge >= 0.3 is 0 Å². The molecule has 0 aromatic carbocycles. The number of hydrogen-bond donors (Lipinski definition) is 1. The lowest BCUT2D eigenvalue weighted by Gasteiger charge is -2.33. The van der Waals surface area contributed by atoms with Crippen molar-refractivity contribution >= 4 is 27.3 Å². The lowest BCUT2D eigenvalue weighted by atomic mass is 10.1. The Morgan fingerprint density at radius 2 is 2.29 bits per heavy atom. The van der Waals surface area contributed by atoms with Crippen molar-refractivity contribution in [3.63, 3.8) is 0 Å². The van der Waals surface area contributed by atoms with E-state index in [0.29, 0.717) is 6.42 Å². The van der Waals surface area contributed by atoms with Crippen molar-refractivity contribution in [1.82, 2.24) is 10.2 Å². The van der Waals surface area contributed by atoms with E-state index in [-0.39, 0.29) is 6.04 Å². The molecule has 0 unspecified atom stereocenters. The van der Waals surface area contributed by atoms with Crippen molar-refractivity contribution in [3.05, 3.63) is 20.3 Å². The Hall–Kier alpha value is -0.410. The first-order valence-electron chi connectivity index (χ1n) is 5.80. The van der Waals surface area contributed by atoms with Crippen LogP contribution in [-0.4, -0.2) is 31.1 Å². The zero-order valence-electron chi connectivity index (χ0n) is 9.87. The number of piperazine rings is 1. The number of nitrogens with zero attached hydrogens (tertiary/aromatic N) is 2. The van der Waals surface area contributed by atoms with Crippen LogP contribution < -0.4 is 5.32 Å². The third kappa shape index (κ3) is 3.08. The Bertz CT molecular complexity index is 398. The number of halogens is 1. The molecule has 0 amide bonds. The summed E-state index contributed by atoms with van der Waals surface area (Å²) in [5, 5.41) is 12.4. The molecule has 1 aliphatic heterocycles. The first-order valence-corrected chi connectivity index (χ1v) is 7.41. The molecule has 1 fully saturated rings. The Balaban J connectivity index is 2.18. The van der Waals surface area contributed by atoms with Crippen molar-refractivity contribution in [3.8, 4) is 6.07 Å². The van der Waals surface area contributed by atoms with Crippen molar-refractivity contribution in [2.24, 2.45) is 0 Å². The summed E-state index contributed by atoms with van der Waals surface area (Å²) in [7, 11) is 0. The molecule has 1 atom stereocenters. The zero-order chi connectivity index (χ0) is 12.3. The van der Waals surface area contributed by atoms with Crippen LogP contribution >= 0.6 is 27.3 Å². The molecule has 92 valence electrons. The number of aryl methyl sites for hydroxylation is 1. The predicted molar refractivity (Wildman–Crippen MR) is 74.2 cm³/mol. The summed E-state index contributed by atoms with van der Waals surface area (Å²) in [6.45, 7) is 6.20. The summed E-state index contributed by atoms with van der Waals surface area (Å²) >= 11 is 5.32. The Morgan fingerprint density at radius 1 is 1.59 bits per heavy atom. The molecule has 1 aromatic rings. The highest BCUT2D eigenvalue weighted by atomic mass is 79.9. The van der Waals surface area contributed by atoms with E-state index < -0.39 is 0 Å². The average molecular weight is 314 g/mol. The van der Waals surface area contributed by atoms with Gasteiger partial charge < -0.3 is 5.32 Å². The van der Waals surface area contributed by atoms with E-state index >= 15 is 0 Å². The summed E-state index contributed by atoms with van der Waals surface area (Å²) in [6, 6.07) is 4.79. The van der Waals surface area contributed by atoms with Gasteiger partial charge in [0.1, 0.15) is 0 Å². The third-order valence-electron chi connectivity index (χ3n) is 3.08. The van der Waals surface area contributed by atoms with Crippen molar-refractivity contribution in [2.45, 2.75) is 19.4 Å². The van der Waals surface area contributed by atoms with Gasteiger partial charge in [0, 0.05) is 31.1 Å². The van der Waals surface area contributed by atoms with Gasteiger partial charge in [-0.3, -0.25) is 4.90 Å². The van der Waals surface area contributed by atoms with Gasteiger partial charge in [-0.05, 0) is 34.5 Å². The molecule has 1 aliphatic rings. The third-order valence-corrected chi connectivity index (χ3v) is 5.32. The second-order valence-electron chi connectivity index (χ2n) is 4.27. The number of nitrogens with one attached hydrogen (secondary N) is 1. The van der Waals surface area contributed by atoms with E-state index in [4.69, 9.17) is 5.26 Å². The smallest absolute Gasteiger partial charge is 0.0731 e. The quantitative estimate of drug-likeness (QED) is 0.932. The molecular weight excluding hydrogens is 298 g/mol. The van der Waals surface area contributed by atoms with Gasteiger partial charge in [-0.1, -0.05) is 0 Å². The number of hydrogen-bond acceptors (Lipinski definition) is 4.